The van der Waals surface area contributed by atoms with Crippen molar-refractivity contribution < 1.29 is 14.3 Å². The molecule has 3 aliphatic rings. The first-order valence-corrected chi connectivity index (χ1v) is 9.79. The molecule has 3 unspecified atom stereocenters. The van der Waals surface area contributed by atoms with E-state index in [1.165, 1.54) is 6.42 Å². The van der Waals surface area contributed by atoms with Crippen LogP contribution >= 0.6 is 0 Å². The molecular formula is C20H31NO3. The molecule has 4 nitrogen and oxygen atoms in total. The van der Waals surface area contributed by atoms with Gasteiger partial charge < -0.3 is 9.64 Å². The van der Waals surface area contributed by atoms with Crippen molar-refractivity contribution in [3.05, 3.63) is 12.2 Å². The number of amides is 1. The molecule has 1 saturated carbocycles. The summed E-state index contributed by atoms with van der Waals surface area (Å²) in [5.41, 5.74) is 0. The summed E-state index contributed by atoms with van der Waals surface area (Å²) in [6.45, 7) is 3.43. The quantitative estimate of drug-likeness (QED) is 0.582. The fraction of sp³-hybridized carbons (Fsp3) is 0.800. The molecule has 0 aromatic heterocycles. The van der Waals surface area contributed by atoms with Gasteiger partial charge >= 0.3 is 5.97 Å². The van der Waals surface area contributed by atoms with Gasteiger partial charge in [0.25, 0.3) is 0 Å². The van der Waals surface area contributed by atoms with Crippen molar-refractivity contribution in [2.24, 2.45) is 17.8 Å². The van der Waals surface area contributed by atoms with E-state index in [2.05, 4.69) is 19.1 Å². The molecule has 1 saturated heterocycles. The Bertz CT molecular complexity index is 481. The van der Waals surface area contributed by atoms with Crippen molar-refractivity contribution in [2.75, 3.05) is 13.2 Å². The van der Waals surface area contributed by atoms with Gasteiger partial charge in [-0.1, -0.05) is 38.3 Å². The lowest BCUT2D eigenvalue weighted by Gasteiger charge is -2.30. The zero-order valence-electron chi connectivity index (χ0n) is 14.9. The van der Waals surface area contributed by atoms with Crippen LogP contribution in [0.25, 0.3) is 0 Å². The number of allylic oxidation sites excluding steroid dienone is 2. The third-order valence-corrected chi connectivity index (χ3v) is 6.12. The van der Waals surface area contributed by atoms with Crippen molar-refractivity contribution >= 4 is 11.9 Å². The average Bonchev–Trinajstić information content (AvgIpc) is 3.10. The van der Waals surface area contributed by atoms with Crippen molar-refractivity contribution in [3.8, 4) is 0 Å². The molecule has 0 spiro atoms. The highest BCUT2D eigenvalue weighted by atomic mass is 16.5. The molecule has 3 atom stereocenters. The van der Waals surface area contributed by atoms with Crippen LogP contribution in [0.3, 0.4) is 0 Å². The third kappa shape index (κ3) is 4.01. The van der Waals surface area contributed by atoms with Gasteiger partial charge in [0.1, 0.15) is 6.04 Å². The minimum Gasteiger partial charge on any atom is -0.464 e. The molecule has 0 N–H and O–H groups in total. The first kappa shape index (κ1) is 17.5. The highest BCUT2D eigenvalue weighted by molar-refractivity contribution is 5.86. The number of carbonyl (C=O) groups excluding carboxylic acids is 2. The molecule has 1 amide bonds. The molecule has 2 aliphatic carbocycles. The number of nitrogens with zero attached hydrogens (tertiary/aromatic N) is 1. The Morgan fingerprint density at radius 2 is 1.79 bits per heavy atom. The zero-order chi connectivity index (χ0) is 16.9. The monoisotopic (exact) mass is 333 g/mol. The van der Waals surface area contributed by atoms with Crippen LogP contribution in [0, 0.1) is 17.8 Å². The summed E-state index contributed by atoms with van der Waals surface area (Å²) >= 11 is 0. The number of rotatable bonds is 4. The second-order valence-corrected chi connectivity index (χ2v) is 7.83. The van der Waals surface area contributed by atoms with Gasteiger partial charge in [0.2, 0.25) is 5.91 Å². The Kier molecular flexibility index (Phi) is 5.96. The van der Waals surface area contributed by atoms with E-state index in [1.807, 2.05) is 4.90 Å². The second kappa shape index (κ2) is 8.17. The van der Waals surface area contributed by atoms with Crippen LogP contribution in [0.15, 0.2) is 12.2 Å². The molecule has 1 aliphatic heterocycles. The van der Waals surface area contributed by atoms with Crippen LogP contribution < -0.4 is 0 Å². The highest BCUT2D eigenvalue weighted by Crippen LogP contribution is 2.30. The molecule has 3 rings (SSSR count). The number of esters is 1. The molecule has 24 heavy (non-hydrogen) atoms. The van der Waals surface area contributed by atoms with Gasteiger partial charge in [-0.3, -0.25) is 4.79 Å². The van der Waals surface area contributed by atoms with Crippen LogP contribution in [0.2, 0.25) is 0 Å². The lowest BCUT2D eigenvalue weighted by Crippen LogP contribution is -2.45. The SMILES string of the molecule is CC1CC=CCC1COC(=O)C1CCCN1C(=O)C1CCCCC1. The molecule has 4 heteroatoms. The van der Waals surface area contributed by atoms with E-state index in [-0.39, 0.29) is 23.8 Å². The van der Waals surface area contributed by atoms with E-state index in [4.69, 9.17) is 4.74 Å². The Morgan fingerprint density at radius 3 is 2.54 bits per heavy atom. The molecule has 1 heterocycles. The maximum Gasteiger partial charge on any atom is 0.328 e. The Morgan fingerprint density at radius 1 is 1.04 bits per heavy atom. The molecule has 134 valence electrons. The molecule has 0 aromatic rings. The van der Waals surface area contributed by atoms with Crippen molar-refractivity contribution in [1.82, 2.24) is 4.90 Å². The van der Waals surface area contributed by atoms with Crippen molar-refractivity contribution in [1.29, 1.82) is 0 Å². The summed E-state index contributed by atoms with van der Waals surface area (Å²) in [5.74, 6) is 1.13. The first-order chi connectivity index (χ1) is 11.7. The maximum atomic E-state index is 12.8. The summed E-state index contributed by atoms with van der Waals surface area (Å²) in [5, 5.41) is 0. The standard InChI is InChI=1S/C20H31NO3/c1-15-8-5-6-11-17(15)14-24-20(23)18-12-7-13-21(18)19(22)16-9-3-2-4-10-16/h5-6,15-18H,2-4,7-14H2,1H3. The van der Waals surface area contributed by atoms with E-state index < -0.39 is 0 Å². The number of hydrogen-bond donors (Lipinski definition) is 0. The van der Waals surface area contributed by atoms with Gasteiger partial charge in [-0.05, 0) is 50.4 Å². The van der Waals surface area contributed by atoms with Gasteiger partial charge in [0.05, 0.1) is 6.61 Å². The molecule has 0 bridgehead atoms. The van der Waals surface area contributed by atoms with E-state index in [0.29, 0.717) is 18.4 Å². The van der Waals surface area contributed by atoms with Crippen molar-refractivity contribution in [2.45, 2.75) is 70.8 Å². The van der Waals surface area contributed by atoms with Crippen LogP contribution in [-0.2, 0) is 14.3 Å². The molecular weight excluding hydrogens is 302 g/mol. The van der Waals surface area contributed by atoms with E-state index in [1.54, 1.807) is 0 Å². The fourth-order valence-corrected chi connectivity index (χ4v) is 4.38. The lowest BCUT2D eigenvalue weighted by molar-refractivity contribution is -0.156. The maximum absolute atomic E-state index is 12.8. The average molecular weight is 333 g/mol. The number of ether oxygens (including phenoxy) is 1. The Labute approximate surface area is 145 Å². The molecule has 0 radical (unpaired) electrons. The third-order valence-electron chi connectivity index (χ3n) is 6.12. The van der Waals surface area contributed by atoms with Crippen LogP contribution in [0.4, 0.5) is 0 Å². The van der Waals surface area contributed by atoms with Crippen LogP contribution in [-0.4, -0.2) is 36.0 Å². The number of carbonyl (C=O) groups is 2. The largest absolute Gasteiger partial charge is 0.464 e. The zero-order valence-corrected chi connectivity index (χ0v) is 14.9. The normalized spacial score (nSPS) is 31.2. The summed E-state index contributed by atoms with van der Waals surface area (Å²) in [7, 11) is 0. The van der Waals surface area contributed by atoms with Crippen LogP contribution in [0.1, 0.15) is 64.7 Å². The lowest BCUT2D eigenvalue weighted by atomic mass is 9.85. The first-order valence-electron chi connectivity index (χ1n) is 9.79. The summed E-state index contributed by atoms with van der Waals surface area (Å²) in [6.07, 6.45) is 13.6. The van der Waals surface area contributed by atoms with E-state index >= 15 is 0 Å². The summed E-state index contributed by atoms with van der Waals surface area (Å²) < 4.78 is 5.64. The van der Waals surface area contributed by atoms with E-state index in [9.17, 15) is 9.59 Å². The van der Waals surface area contributed by atoms with Crippen LogP contribution in [0.5, 0.6) is 0 Å². The van der Waals surface area contributed by atoms with Gasteiger partial charge in [-0.15, -0.1) is 0 Å². The fourth-order valence-electron chi connectivity index (χ4n) is 4.38. The van der Waals surface area contributed by atoms with E-state index in [0.717, 1.165) is 57.9 Å². The minimum atomic E-state index is -0.339. The Balaban J connectivity index is 1.53. The predicted molar refractivity (Wildman–Crippen MR) is 93.3 cm³/mol. The predicted octanol–water partition coefficient (Wildman–Crippen LogP) is 3.70. The number of likely N-dealkylation sites (tertiary alicyclic amines) is 1. The molecule has 0 aromatic carbocycles. The van der Waals surface area contributed by atoms with Gasteiger partial charge in [-0.25, -0.2) is 4.79 Å². The van der Waals surface area contributed by atoms with Crippen molar-refractivity contribution in [3.63, 3.8) is 0 Å². The van der Waals surface area contributed by atoms with Gasteiger partial charge in [-0.2, -0.15) is 0 Å². The number of hydrogen-bond acceptors (Lipinski definition) is 3. The summed E-state index contributed by atoms with van der Waals surface area (Å²) in [4.78, 5) is 27.2. The van der Waals surface area contributed by atoms with Gasteiger partial charge in [0.15, 0.2) is 0 Å². The summed E-state index contributed by atoms with van der Waals surface area (Å²) in [6, 6.07) is -0.339. The Hall–Kier alpha value is -1.32. The minimum absolute atomic E-state index is 0.135. The smallest absolute Gasteiger partial charge is 0.328 e. The molecule has 2 fully saturated rings. The topological polar surface area (TPSA) is 46.6 Å². The second-order valence-electron chi connectivity index (χ2n) is 7.83. The van der Waals surface area contributed by atoms with Gasteiger partial charge in [0, 0.05) is 12.5 Å². The highest BCUT2D eigenvalue weighted by Gasteiger charge is 2.38.